The largest absolute Gasteiger partial charge is 0.494 e. The van der Waals surface area contributed by atoms with Crippen LogP contribution in [0, 0.1) is 3.57 Å². The van der Waals surface area contributed by atoms with Gasteiger partial charge >= 0.3 is 5.97 Å². The molecule has 0 atom stereocenters. The second-order valence-corrected chi connectivity index (χ2v) is 5.20. The molecule has 0 unspecified atom stereocenters. The Morgan fingerprint density at radius 2 is 2.11 bits per heavy atom. The van der Waals surface area contributed by atoms with Gasteiger partial charge in [0, 0.05) is 19.2 Å². The summed E-state index contributed by atoms with van der Waals surface area (Å²) in [6.45, 7) is 1.37. The van der Waals surface area contributed by atoms with Crippen LogP contribution < -0.4 is 4.74 Å². The number of hydrogen-bond acceptors (Lipinski definition) is 3. The first kappa shape index (κ1) is 13.9. The normalized spacial score (nSPS) is 10.4. The molecule has 100 valence electrons. The van der Waals surface area contributed by atoms with Crippen LogP contribution in [0.4, 0.5) is 0 Å². The first-order valence-corrected chi connectivity index (χ1v) is 6.87. The maximum Gasteiger partial charge on any atom is 0.335 e. The number of carbonyl (C=O) groups is 1. The van der Waals surface area contributed by atoms with Crippen LogP contribution in [-0.2, 0) is 6.54 Å². The summed E-state index contributed by atoms with van der Waals surface area (Å²) in [5, 5.41) is 12.9. The Hall–Kier alpha value is -1.57. The zero-order chi connectivity index (χ0) is 13.7. The summed E-state index contributed by atoms with van der Waals surface area (Å²) in [6.07, 6.45) is 4.63. The number of halogens is 1. The van der Waals surface area contributed by atoms with Crippen LogP contribution in [0.15, 0.2) is 36.7 Å². The molecule has 0 amide bonds. The average Bonchev–Trinajstić information content (AvgIpc) is 2.81. The minimum absolute atomic E-state index is 0.262. The number of aromatic nitrogens is 2. The van der Waals surface area contributed by atoms with E-state index in [9.17, 15) is 4.79 Å². The molecular formula is C13H13IN2O3. The van der Waals surface area contributed by atoms with Crippen molar-refractivity contribution in [3.63, 3.8) is 0 Å². The summed E-state index contributed by atoms with van der Waals surface area (Å²) >= 11 is 2.22. The van der Waals surface area contributed by atoms with Crippen molar-refractivity contribution in [1.29, 1.82) is 0 Å². The fourth-order valence-corrected chi connectivity index (χ4v) is 2.02. The van der Waals surface area contributed by atoms with Gasteiger partial charge in [-0.1, -0.05) is 0 Å². The van der Waals surface area contributed by atoms with E-state index in [1.54, 1.807) is 12.1 Å². The summed E-state index contributed by atoms with van der Waals surface area (Å²) in [4.78, 5) is 10.7. The summed E-state index contributed by atoms with van der Waals surface area (Å²) in [7, 11) is 0. The van der Waals surface area contributed by atoms with E-state index in [0.717, 1.165) is 16.5 Å². The summed E-state index contributed by atoms with van der Waals surface area (Å²) < 4.78 is 8.52. The van der Waals surface area contributed by atoms with Crippen molar-refractivity contribution in [2.75, 3.05) is 6.61 Å². The van der Waals surface area contributed by atoms with Crippen LogP contribution in [-0.4, -0.2) is 27.5 Å². The van der Waals surface area contributed by atoms with E-state index >= 15 is 0 Å². The third-order valence-electron chi connectivity index (χ3n) is 2.50. The van der Waals surface area contributed by atoms with Crippen LogP contribution in [0.5, 0.6) is 5.75 Å². The lowest BCUT2D eigenvalue weighted by atomic mass is 10.2. The molecule has 0 fully saturated rings. The molecule has 0 bridgehead atoms. The lowest BCUT2D eigenvalue weighted by Gasteiger charge is -2.06. The smallest absolute Gasteiger partial charge is 0.335 e. The predicted octanol–water partition coefficient (Wildman–Crippen LogP) is 2.66. The molecule has 6 heteroatoms. The Kier molecular flexibility index (Phi) is 4.78. The Bertz CT molecular complexity index is 551. The monoisotopic (exact) mass is 372 g/mol. The number of aryl methyl sites for hydroxylation is 1. The number of ether oxygens (including phenoxy) is 1. The van der Waals surface area contributed by atoms with Gasteiger partial charge in [-0.2, -0.15) is 5.10 Å². The second-order valence-electron chi connectivity index (χ2n) is 3.95. The molecule has 2 aromatic rings. The van der Waals surface area contributed by atoms with Gasteiger partial charge in [0.15, 0.2) is 0 Å². The maximum absolute atomic E-state index is 10.7. The Balaban J connectivity index is 1.75. The molecule has 0 aliphatic heterocycles. The van der Waals surface area contributed by atoms with Crippen LogP contribution in [0.1, 0.15) is 16.8 Å². The molecule has 0 saturated heterocycles. The lowest BCUT2D eigenvalue weighted by Crippen LogP contribution is -2.05. The summed E-state index contributed by atoms with van der Waals surface area (Å²) in [5.74, 6) is -0.250. The lowest BCUT2D eigenvalue weighted by molar-refractivity contribution is 0.0697. The van der Waals surface area contributed by atoms with Gasteiger partial charge in [-0.3, -0.25) is 4.68 Å². The minimum Gasteiger partial charge on any atom is -0.494 e. The molecule has 1 heterocycles. The molecule has 0 spiro atoms. The number of hydrogen-bond donors (Lipinski definition) is 1. The van der Waals surface area contributed by atoms with Crippen LogP contribution >= 0.6 is 22.6 Å². The third-order valence-corrected chi connectivity index (χ3v) is 3.06. The molecular weight excluding hydrogens is 359 g/mol. The van der Waals surface area contributed by atoms with Crippen LogP contribution in [0.25, 0.3) is 0 Å². The highest BCUT2D eigenvalue weighted by Crippen LogP contribution is 2.12. The number of carboxylic acid groups (broad SMARTS) is 1. The van der Waals surface area contributed by atoms with Crippen molar-refractivity contribution in [1.82, 2.24) is 9.78 Å². The highest BCUT2D eigenvalue weighted by molar-refractivity contribution is 14.1. The highest BCUT2D eigenvalue weighted by atomic mass is 127. The summed E-state index contributed by atoms with van der Waals surface area (Å²) in [5.41, 5.74) is 0.262. The Morgan fingerprint density at radius 3 is 2.68 bits per heavy atom. The first-order chi connectivity index (χ1) is 9.15. The van der Waals surface area contributed by atoms with Crippen LogP contribution in [0.3, 0.4) is 0 Å². The molecule has 1 N–H and O–H groups in total. The number of aromatic carboxylic acids is 1. The van der Waals surface area contributed by atoms with E-state index in [2.05, 4.69) is 27.7 Å². The second kappa shape index (κ2) is 6.55. The average molecular weight is 372 g/mol. The van der Waals surface area contributed by atoms with Gasteiger partial charge in [0.25, 0.3) is 0 Å². The molecule has 0 aliphatic rings. The van der Waals surface area contributed by atoms with E-state index < -0.39 is 5.97 Å². The molecule has 0 saturated carbocycles. The zero-order valence-corrected chi connectivity index (χ0v) is 12.3. The van der Waals surface area contributed by atoms with Gasteiger partial charge < -0.3 is 9.84 Å². The van der Waals surface area contributed by atoms with Crippen molar-refractivity contribution >= 4 is 28.6 Å². The molecule has 2 rings (SSSR count). The number of benzene rings is 1. The van der Waals surface area contributed by atoms with Gasteiger partial charge in [0.1, 0.15) is 5.75 Å². The predicted molar refractivity (Wildman–Crippen MR) is 78.5 cm³/mol. The number of nitrogens with zero attached hydrogens (tertiary/aromatic N) is 2. The SMILES string of the molecule is O=C(O)c1ccc(OCCCn2cc(I)cn2)cc1. The zero-order valence-electron chi connectivity index (χ0n) is 10.1. The quantitative estimate of drug-likeness (QED) is 0.626. The minimum atomic E-state index is -0.931. The standard InChI is InChI=1S/C13H13IN2O3/c14-11-8-15-16(9-11)6-1-7-19-12-4-2-10(3-5-12)13(17)18/h2-5,8-9H,1,6-7H2,(H,17,18). The molecule has 19 heavy (non-hydrogen) atoms. The van der Waals surface area contributed by atoms with Crippen molar-refractivity contribution in [2.45, 2.75) is 13.0 Å². The molecule has 1 aromatic carbocycles. The Morgan fingerprint density at radius 1 is 1.37 bits per heavy atom. The van der Waals surface area contributed by atoms with Crippen molar-refractivity contribution in [3.05, 3.63) is 45.8 Å². The molecule has 0 aliphatic carbocycles. The highest BCUT2D eigenvalue weighted by Gasteiger charge is 2.02. The van der Waals surface area contributed by atoms with E-state index in [-0.39, 0.29) is 5.56 Å². The third kappa shape index (κ3) is 4.23. The Labute approximate surface area is 124 Å². The van der Waals surface area contributed by atoms with Gasteiger partial charge in [-0.25, -0.2) is 4.79 Å². The van der Waals surface area contributed by atoms with Gasteiger partial charge in [-0.05, 0) is 46.9 Å². The van der Waals surface area contributed by atoms with Crippen LogP contribution in [0.2, 0.25) is 0 Å². The fraction of sp³-hybridized carbons (Fsp3) is 0.231. The van der Waals surface area contributed by atoms with Crippen molar-refractivity contribution in [3.8, 4) is 5.75 Å². The van der Waals surface area contributed by atoms with E-state index in [0.29, 0.717) is 12.4 Å². The first-order valence-electron chi connectivity index (χ1n) is 5.79. The number of rotatable bonds is 6. The fourth-order valence-electron chi connectivity index (χ4n) is 1.57. The van der Waals surface area contributed by atoms with Gasteiger partial charge in [0.05, 0.1) is 21.9 Å². The van der Waals surface area contributed by atoms with Gasteiger partial charge in [0.2, 0.25) is 0 Å². The topological polar surface area (TPSA) is 64.3 Å². The van der Waals surface area contributed by atoms with Crippen molar-refractivity contribution in [2.24, 2.45) is 0 Å². The van der Waals surface area contributed by atoms with E-state index in [4.69, 9.17) is 9.84 Å². The van der Waals surface area contributed by atoms with E-state index in [1.807, 2.05) is 17.1 Å². The van der Waals surface area contributed by atoms with Gasteiger partial charge in [-0.15, -0.1) is 0 Å². The maximum atomic E-state index is 10.7. The molecule has 1 aromatic heterocycles. The van der Waals surface area contributed by atoms with Crippen molar-refractivity contribution < 1.29 is 14.6 Å². The number of carboxylic acids is 1. The molecule has 5 nitrogen and oxygen atoms in total. The summed E-state index contributed by atoms with van der Waals surface area (Å²) in [6, 6.07) is 6.40. The molecule has 0 radical (unpaired) electrons. The van der Waals surface area contributed by atoms with E-state index in [1.165, 1.54) is 12.1 Å².